The summed E-state index contributed by atoms with van der Waals surface area (Å²) >= 11 is 23.4. The van der Waals surface area contributed by atoms with E-state index >= 15 is 0 Å². The first-order chi connectivity index (χ1) is 17.3. The van der Waals surface area contributed by atoms with E-state index in [0.717, 1.165) is 44.3 Å². The third kappa shape index (κ3) is 8.39. The van der Waals surface area contributed by atoms with E-state index in [2.05, 4.69) is 5.32 Å². The second-order valence-corrected chi connectivity index (χ2v) is 9.63. The monoisotopic (exact) mass is 626 g/mol. The Labute approximate surface area is 232 Å². The van der Waals surface area contributed by atoms with Gasteiger partial charge in [-0.1, -0.05) is 52.5 Å². The maximum atomic E-state index is 14.9. The number of carbonyl (C=O) groups is 2. The van der Waals surface area contributed by atoms with Gasteiger partial charge in [0.2, 0.25) is 5.91 Å². The van der Waals surface area contributed by atoms with E-state index in [-0.39, 0.29) is 26.7 Å². The summed E-state index contributed by atoms with van der Waals surface area (Å²) in [4.78, 5) is 24.9. The highest BCUT2D eigenvalue weighted by Crippen LogP contribution is 2.42. The van der Waals surface area contributed by atoms with Crippen LogP contribution in [0.25, 0.3) is 5.83 Å². The number of hydrogen-bond acceptors (Lipinski definition) is 2. The Morgan fingerprint density at radius 3 is 2.00 bits per heavy atom. The summed E-state index contributed by atoms with van der Waals surface area (Å²) in [7, 11) is 0.898. The van der Waals surface area contributed by atoms with Crippen LogP contribution in [0.15, 0.2) is 36.4 Å². The summed E-state index contributed by atoms with van der Waals surface area (Å²) < 4.78 is 93.6. The molecule has 2 unspecified atom stereocenters. The molecule has 0 aromatic heterocycles. The van der Waals surface area contributed by atoms with Gasteiger partial charge in [0.05, 0.1) is 25.7 Å². The van der Waals surface area contributed by atoms with Gasteiger partial charge in [0.1, 0.15) is 24.3 Å². The zero-order valence-electron chi connectivity index (χ0n) is 19.2. The van der Waals surface area contributed by atoms with Gasteiger partial charge in [-0.3, -0.25) is 9.59 Å². The predicted octanol–water partition coefficient (Wildman–Crippen LogP) is 8.10. The lowest BCUT2D eigenvalue weighted by Crippen LogP contribution is -2.48. The first kappa shape index (κ1) is 32.0. The van der Waals surface area contributed by atoms with Crippen molar-refractivity contribution in [3.05, 3.63) is 73.2 Å². The third-order valence-electron chi connectivity index (χ3n) is 5.03. The van der Waals surface area contributed by atoms with Gasteiger partial charge >= 0.3 is 12.4 Å². The van der Waals surface area contributed by atoms with Gasteiger partial charge in [-0.2, -0.15) is 26.3 Å². The van der Waals surface area contributed by atoms with Crippen molar-refractivity contribution < 1.29 is 40.3 Å². The van der Waals surface area contributed by atoms with Crippen molar-refractivity contribution in [2.24, 2.45) is 0 Å². The fourth-order valence-corrected chi connectivity index (χ4v) is 4.12. The van der Waals surface area contributed by atoms with Crippen LogP contribution in [-0.4, -0.2) is 48.7 Å². The van der Waals surface area contributed by atoms with E-state index in [1.807, 2.05) is 0 Å². The Kier molecular flexibility index (Phi) is 10.4. The van der Waals surface area contributed by atoms with Gasteiger partial charge in [-0.25, -0.2) is 4.39 Å². The molecule has 0 radical (unpaired) electrons. The molecular weight excluding hydrogens is 611 g/mol. The highest BCUT2D eigenvalue weighted by atomic mass is 35.5. The highest BCUT2D eigenvalue weighted by Gasteiger charge is 2.40. The van der Waals surface area contributed by atoms with Crippen molar-refractivity contribution in [1.29, 1.82) is 0 Å². The summed E-state index contributed by atoms with van der Waals surface area (Å²) in [5.41, 5.74) is -1.20. The van der Waals surface area contributed by atoms with Gasteiger partial charge in [0.15, 0.2) is 0 Å². The first-order valence-electron chi connectivity index (χ1n) is 10.3. The maximum absolute atomic E-state index is 14.9. The van der Waals surface area contributed by atoms with E-state index in [1.54, 1.807) is 0 Å². The summed E-state index contributed by atoms with van der Waals surface area (Å²) in [6, 6.07) is 3.23. The smallest absolute Gasteiger partial charge is 0.340 e. The van der Waals surface area contributed by atoms with Crippen LogP contribution in [-0.2, 0) is 4.79 Å². The molecule has 0 fully saturated rings. The zero-order chi connectivity index (χ0) is 29.2. The van der Waals surface area contributed by atoms with Crippen molar-refractivity contribution in [2.45, 2.75) is 31.2 Å². The quantitative estimate of drug-likeness (QED) is 0.249. The van der Waals surface area contributed by atoms with E-state index in [4.69, 9.17) is 46.4 Å². The second kappa shape index (κ2) is 12.3. The number of benzene rings is 2. The van der Waals surface area contributed by atoms with Crippen LogP contribution in [0.3, 0.4) is 0 Å². The van der Waals surface area contributed by atoms with Crippen LogP contribution in [0.1, 0.15) is 34.3 Å². The van der Waals surface area contributed by atoms with E-state index in [1.165, 1.54) is 0 Å². The molecule has 2 rings (SSSR count). The molecular formula is C23H17Cl4F7N2O2. The molecule has 0 aliphatic carbocycles. The number of rotatable bonds is 7. The van der Waals surface area contributed by atoms with Crippen molar-refractivity contribution in [1.82, 2.24) is 10.2 Å². The topological polar surface area (TPSA) is 49.4 Å². The van der Waals surface area contributed by atoms with Gasteiger partial charge < -0.3 is 10.2 Å². The van der Waals surface area contributed by atoms with Gasteiger partial charge in [0, 0.05) is 12.6 Å². The fraction of sp³-hybridized carbons (Fsp3) is 0.304. The Bertz CT molecular complexity index is 1230. The number of alkyl halides is 6. The molecule has 2 aromatic rings. The van der Waals surface area contributed by atoms with Crippen molar-refractivity contribution in [3.63, 3.8) is 0 Å². The van der Waals surface area contributed by atoms with Crippen LogP contribution in [0.2, 0.25) is 20.1 Å². The minimum Gasteiger partial charge on any atom is -0.340 e. The predicted molar refractivity (Wildman–Crippen MR) is 131 cm³/mol. The molecule has 208 valence electrons. The second-order valence-electron chi connectivity index (χ2n) is 8.03. The van der Waals surface area contributed by atoms with Gasteiger partial charge in [0.25, 0.3) is 5.91 Å². The number of allylic oxidation sites excluding steroid dienone is 1. The number of likely N-dealkylation sites (N-methyl/N-ethyl adjacent to an activating group) is 1. The SMILES string of the molecule is CC(NC(=O)c1ccc(/C(F)=C/C(c2cc(Cl)c(Cl)c(Cl)c2)C(F)(F)F)cc1Cl)C(=O)N(C)CC(F)(F)F. The Morgan fingerprint density at radius 2 is 1.53 bits per heavy atom. The molecule has 0 bridgehead atoms. The van der Waals surface area contributed by atoms with E-state index < -0.39 is 64.6 Å². The molecule has 0 aliphatic heterocycles. The number of hydrogen-bond donors (Lipinski definition) is 1. The summed E-state index contributed by atoms with van der Waals surface area (Å²) in [6.07, 6.45) is -9.34. The summed E-state index contributed by atoms with van der Waals surface area (Å²) in [6.45, 7) is -0.398. The van der Waals surface area contributed by atoms with Crippen LogP contribution >= 0.6 is 46.4 Å². The van der Waals surface area contributed by atoms with Crippen molar-refractivity contribution in [2.75, 3.05) is 13.6 Å². The van der Waals surface area contributed by atoms with E-state index in [9.17, 15) is 40.3 Å². The standard InChI is InChI=1S/C23H17Cl4F7N2O2/c1-10(21(38)36(2)9-22(29,30)31)35-20(37)13-4-3-11(5-15(13)24)18(28)8-14(23(32,33)34)12-6-16(25)19(27)17(26)7-12/h3-8,10,14H,9H2,1-2H3,(H,35,37)/b18-8-. The minimum absolute atomic E-state index is 0.175. The molecule has 15 heteroatoms. The normalized spacial score (nSPS) is 14.2. The number of amides is 2. The fourth-order valence-electron chi connectivity index (χ4n) is 3.24. The molecule has 0 saturated heterocycles. The maximum Gasteiger partial charge on any atom is 0.406 e. The van der Waals surface area contributed by atoms with Crippen LogP contribution in [0.5, 0.6) is 0 Å². The van der Waals surface area contributed by atoms with Crippen LogP contribution in [0.4, 0.5) is 30.7 Å². The van der Waals surface area contributed by atoms with Crippen LogP contribution < -0.4 is 5.32 Å². The molecule has 1 N–H and O–H groups in total. The summed E-state index contributed by atoms with van der Waals surface area (Å²) in [5.74, 6) is -5.85. The van der Waals surface area contributed by atoms with Crippen molar-refractivity contribution >= 4 is 64.0 Å². The largest absolute Gasteiger partial charge is 0.406 e. The molecule has 2 amide bonds. The number of carbonyl (C=O) groups excluding carboxylic acids is 2. The van der Waals surface area contributed by atoms with Gasteiger partial charge in [-0.05, 0) is 42.8 Å². The Balaban J connectivity index is 2.29. The molecule has 4 nitrogen and oxygen atoms in total. The average molecular weight is 628 g/mol. The molecule has 0 spiro atoms. The van der Waals surface area contributed by atoms with E-state index in [0.29, 0.717) is 4.90 Å². The van der Waals surface area contributed by atoms with Crippen molar-refractivity contribution in [3.8, 4) is 0 Å². The molecule has 0 saturated carbocycles. The number of halogens is 11. The average Bonchev–Trinajstić information content (AvgIpc) is 2.77. The van der Waals surface area contributed by atoms with Crippen LogP contribution in [0, 0.1) is 0 Å². The number of nitrogens with zero attached hydrogens (tertiary/aromatic N) is 1. The molecule has 0 heterocycles. The molecule has 2 aromatic carbocycles. The first-order valence-corrected chi connectivity index (χ1v) is 11.8. The summed E-state index contributed by atoms with van der Waals surface area (Å²) in [5, 5.41) is 1.05. The molecule has 2 atom stereocenters. The lowest BCUT2D eigenvalue weighted by atomic mass is 9.96. The molecule has 0 aliphatic rings. The minimum atomic E-state index is -4.95. The number of nitrogens with one attached hydrogen (secondary N) is 1. The lowest BCUT2D eigenvalue weighted by Gasteiger charge is -2.23. The Morgan fingerprint density at radius 1 is 0.974 bits per heavy atom. The van der Waals surface area contributed by atoms with Gasteiger partial charge in [-0.15, -0.1) is 0 Å². The Hall–Kier alpha value is -2.21. The third-order valence-corrected chi connectivity index (χ3v) is 6.54. The molecule has 38 heavy (non-hydrogen) atoms. The zero-order valence-corrected chi connectivity index (χ0v) is 22.3. The lowest BCUT2D eigenvalue weighted by molar-refractivity contribution is -0.159. The highest BCUT2D eigenvalue weighted by molar-refractivity contribution is 6.48.